The molecule has 2 atom stereocenters. The Morgan fingerprint density at radius 1 is 1.28 bits per heavy atom. The second-order valence-electron chi connectivity index (χ2n) is 6.90. The quantitative estimate of drug-likeness (QED) is 0.694. The molecule has 2 amide bonds. The van der Waals surface area contributed by atoms with Gasteiger partial charge in [-0.2, -0.15) is 4.98 Å². The number of aromatic nitrogens is 3. The number of carbonyl (C=O) groups excluding carboxylic acids is 2. The predicted molar refractivity (Wildman–Crippen MR) is 103 cm³/mol. The first kappa shape index (κ1) is 19.0. The van der Waals surface area contributed by atoms with Gasteiger partial charge in [-0.05, 0) is 11.5 Å². The van der Waals surface area contributed by atoms with Crippen LogP contribution in [0.4, 0.5) is 0 Å². The fourth-order valence-electron chi connectivity index (χ4n) is 3.72. The second kappa shape index (κ2) is 7.96. The van der Waals surface area contributed by atoms with E-state index in [0.717, 1.165) is 10.8 Å². The van der Waals surface area contributed by atoms with Crippen LogP contribution in [0, 0.1) is 5.92 Å². The van der Waals surface area contributed by atoms with Crippen molar-refractivity contribution >= 4 is 22.6 Å². The van der Waals surface area contributed by atoms with E-state index in [9.17, 15) is 9.59 Å². The Morgan fingerprint density at radius 2 is 2.10 bits per heavy atom. The minimum Gasteiger partial charge on any atom is -0.377 e. The zero-order chi connectivity index (χ0) is 20.4. The average Bonchev–Trinajstić information content (AvgIpc) is 3.39. The highest BCUT2D eigenvalue weighted by molar-refractivity contribution is 6.05. The third-order valence-corrected chi connectivity index (χ3v) is 5.14. The maximum atomic E-state index is 13.2. The van der Waals surface area contributed by atoms with Gasteiger partial charge in [0.25, 0.3) is 5.91 Å². The molecule has 1 aliphatic heterocycles. The predicted octanol–water partition coefficient (Wildman–Crippen LogP) is 1.37. The highest BCUT2D eigenvalue weighted by Crippen LogP contribution is 2.33. The summed E-state index contributed by atoms with van der Waals surface area (Å²) in [4.78, 5) is 36.0. The van der Waals surface area contributed by atoms with E-state index >= 15 is 0 Å². The number of hydrogen-bond acceptors (Lipinski definition) is 7. The van der Waals surface area contributed by atoms with Gasteiger partial charge in [0.1, 0.15) is 12.3 Å². The third kappa shape index (κ3) is 3.56. The SMILES string of the molecule is CNC(=O)[C@@H]1CN(C(=O)c2nccc3ccccc23)C[C@H]1c1nc(COC)no1. The molecule has 1 aliphatic rings. The third-order valence-electron chi connectivity index (χ3n) is 5.14. The summed E-state index contributed by atoms with van der Waals surface area (Å²) in [5.41, 5.74) is 0.366. The van der Waals surface area contributed by atoms with Crippen molar-refractivity contribution in [3.63, 3.8) is 0 Å². The van der Waals surface area contributed by atoms with Crippen LogP contribution in [0.1, 0.15) is 28.1 Å². The van der Waals surface area contributed by atoms with Crippen LogP contribution >= 0.6 is 0 Å². The number of carbonyl (C=O) groups is 2. The van der Waals surface area contributed by atoms with E-state index in [2.05, 4.69) is 20.4 Å². The maximum absolute atomic E-state index is 13.2. The number of likely N-dealkylation sites (tertiary alicyclic amines) is 1. The van der Waals surface area contributed by atoms with Gasteiger partial charge < -0.3 is 19.5 Å². The van der Waals surface area contributed by atoms with Crippen LogP contribution < -0.4 is 5.32 Å². The summed E-state index contributed by atoms with van der Waals surface area (Å²) in [6.07, 6.45) is 1.62. The molecule has 3 heterocycles. The van der Waals surface area contributed by atoms with Gasteiger partial charge in [-0.1, -0.05) is 29.4 Å². The molecule has 29 heavy (non-hydrogen) atoms. The number of benzene rings is 1. The Hall–Kier alpha value is -3.33. The lowest BCUT2D eigenvalue weighted by Gasteiger charge is -2.16. The summed E-state index contributed by atoms with van der Waals surface area (Å²) in [5, 5.41) is 8.25. The molecule has 0 radical (unpaired) electrons. The number of pyridine rings is 1. The van der Waals surface area contributed by atoms with Crippen molar-refractivity contribution in [2.75, 3.05) is 27.2 Å². The standard InChI is InChI=1S/C20H21N5O4/c1-21-18(26)14-9-25(10-15(14)19-23-16(11-28-2)24-29-19)20(27)17-13-6-4-3-5-12(13)7-8-22-17/h3-8,14-15H,9-11H2,1-2H3,(H,21,26)/t14-,15-/m1/s1. The summed E-state index contributed by atoms with van der Waals surface area (Å²) in [7, 11) is 3.11. The topological polar surface area (TPSA) is 110 Å². The van der Waals surface area contributed by atoms with Crippen LogP contribution in [0.15, 0.2) is 41.1 Å². The Labute approximate surface area is 167 Å². The number of methoxy groups -OCH3 is 1. The zero-order valence-electron chi connectivity index (χ0n) is 16.2. The largest absolute Gasteiger partial charge is 0.377 e. The monoisotopic (exact) mass is 395 g/mol. The number of hydrogen-bond donors (Lipinski definition) is 1. The molecule has 2 aromatic heterocycles. The van der Waals surface area contributed by atoms with Crippen LogP contribution in [0.5, 0.6) is 0 Å². The minimum atomic E-state index is -0.491. The van der Waals surface area contributed by atoms with Crippen molar-refractivity contribution in [3.8, 4) is 0 Å². The molecular formula is C20H21N5O4. The maximum Gasteiger partial charge on any atom is 0.273 e. The lowest BCUT2D eigenvalue weighted by molar-refractivity contribution is -0.124. The summed E-state index contributed by atoms with van der Waals surface area (Å²) < 4.78 is 10.4. The van der Waals surface area contributed by atoms with E-state index in [0.29, 0.717) is 17.4 Å². The van der Waals surface area contributed by atoms with Gasteiger partial charge >= 0.3 is 0 Å². The molecule has 0 aliphatic carbocycles. The minimum absolute atomic E-state index is 0.178. The molecule has 1 saturated heterocycles. The molecule has 3 aromatic rings. The van der Waals surface area contributed by atoms with E-state index in [1.807, 2.05) is 30.3 Å². The first-order valence-corrected chi connectivity index (χ1v) is 9.28. The van der Waals surface area contributed by atoms with Crippen molar-refractivity contribution in [2.45, 2.75) is 12.5 Å². The first-order valence-electron chi connectivity index (χ1n) is 9.28. The number of ether oxygens (including phenoxy) is 1. The summed E-state index contributed by atoms with van der Waals surface area (Å²) in [6.45, 7) is 0.746. The van der Waals surface area contributed by atoms with Gasteiger partial charge in [-0.3, -0.25) is 14.6 Å². The Kier molecular flexibility index (Phi) is 5.22. The van der Waals surface area contributed by atoms with Crippen LogP contribution in [-0.4, -0.2) is 59.1 Å². The second-order valence-corrected chi connectivity index (χ2v) is 6.90. The molecule has 4 rings (SSSR count). The van der Waals surface area contributed by atoms with Crippen LogP contribution in [0.25, 0.3) is 10.8 Å². The van der Waals surface area contributed by atoms with Gasteiger partial charge in [0.2, 0.25) is 11.8 Å². The smallest absolute Gasteiger partial charge is 0.273 e. The zero-order valence-corrected chi connectivity index (χ0v) is 16.2. The number of nitrogens with zero attached hydrogens (tertiary/aromatic N) is 4. The molecule has 1 fully saturated rings. The number of amides is 2. The van der Waals surface area contributed by atoms with Crippen molar-refractivity contribution in [2.24, 2.45) is 5.92 Å². The molecular weight excluding hydrogens is 374 g/mol. The number of nitrogens with one attached hydrogen (secondary N) is 1. The molecule has 1 N–H and O–H groups in total. The summed E-state index contributed by atoms with van der Waals surface area (Å²) in [5.74, 6) is -0.565. The van der Waals surface area contributed by atoms with Gasteiger partial charge in [0.05, 0.1) is 11.8 Å². The molecule has 9 heteroatoms. The van der Waals surface area contributed by atoms with Crippen LogP contribution in [0.3, 0.4) is 0 Å². The lowest BCUT2D eigenvalue weighted by Crippen LogP contribution is -2.34. The molecule has 150 valence electrons. The molecule has 0 unspecified atom stereocenters. The number of fused-ring (bicyclic) bond motifs is 1. The van der Waals surface area contributed by atoms with Gasteiger partial charge in [-0.25, -0.2) is 0 Å². The van der Waals surface area contributed by atoms with Crippen molar-refractivity contribution in [3.05, 3.63) is 53.9 Å². The van der Waals surface area contributed by atoms with Gasteiger partial charge in [0, 0.05) is 38.8 Å². The first-order chi connectivity index (χ1) is 14.1. The highest BCUT2D eigenvalue weighted by atomic mass is 16.5. The van der Waals surface area contributed by atoms with E-state index < -0.39 is 11.8 Å². The van der Waals surface area contributed by atoms with Crippen molar-refractivity contribution < 1.29 is 18.8 Å². The van der Waals surface area contributed by atoms with E-state index in [1.165, 1.54) is 7.11 Å². The highest BCUT2D eigenvalue weighted by Gasteiger charge is 2.43. The van der Waals surface area contributed by atoms with Gasteiger partial charge in [0.15, 0.2) is 5.82 Å². The molecule has 9 nitrogen and oxygen atoms in total. The van der Waals surface area contributed by atoms with E-state index in [1.54, 1.807) is 18.1 Å². The molecule has 0 bridgehead atoms. The Bertz CT molecular complexity index is 1040. The Balaban J connectivity index is 1.64. The summed E-state index contributed by atoms with van der Waals surface area (Å²) in [6, 6.07) is 9.45. The van der Waals surface area contributed by atoms with Crippen molar-refractivity contribution in [1.29, 1.82) is 0 Å². The van der Waals surface area contributed by atoms with Crippen LogP contribution in [-0.2, 0) is 16.1 Å². The molecule has 0 spiro atoms. The number of rotatable bonds is 5. The summed E-state index contributed by atoms with van der Waals surface area (Å²) >= 11 is 0. The van der Waals surface area contributed by atoms with Crippen LogP contribution in [0.2, 0.25) is 0 Å². The Morgan fingerprint density at radius 3 is 2.90 bits per heavy atom. The fourth-order valence-corrected chi connectivity index (χ4v) is 3.72. The average molecular weight is 395 g/mol. The van der Waals surface area contributed by atoms with Gasteiger partial charge in [-0.15, -0.1) is 0 Å². The normalized spacial score (nSPS) is 18.9. The van der Waals surface area contributed by atoms with Crippen molar-refractivity contribution in [1.82, 2.24) is 25.3 Å². The lowest BCUT2D eigenvalue weighted by atomic mass is 9.95. The molecule has 1 aromatic carbocycles. The van der Waals surface area contributed by atoms with E-state index in [-0.39, 0.29) is 31.5 Å². The molecule has 0 saturated carbocycles. The fraction of sp³-hybridized carbons (Fsp3) is 0.350. The van der Waals surface area contributed by atoms with E-state index in [4.69, 9.17) is 9.26 Å².